The van der Waals surface area contributed by atoms with Crippen LogP contribution in [0.15, 0.2) is 18.2 Å². The Labute approximate surface area is 109 Å². The predicted octanol–water partition coefficient (Wildman–Crippen LogP) is 3.00. The molecule has 1 aromatic heterocycles. The highest BCUT2D eigenvalue weighted by Crippen LogP contribution is 2.19. The van der Waals surface area contributed by atoms with Crippen molar-refractivity contribution in [2.24, 2.45) is 0 Å². The molecule has 4 nitrogen and oxygen atoms in total. The van der Waals surface area contributed by atoms with Crippen molar-refractivity contribution in [1.82, 2.24) is 10.2 Å². The van der Waals surface area contributed by atoms with Crippen LogP contribution in [0.2, 0.25) is 25.7 Å². The molecule has 2 rings (SSSR count). The molecule has 0 aliphatic carbocycles. The molecule has 5 heteroatoms. The second-order valence-corrected chi connectivity index (χ2v) is 11.5. The molecule has 18 heavy (non-hydrogen) atoms. The maximum Gasteiger partial charge on any atom is 0.0926 e. The number of aromatic amines is 1. The number of ether oxygens (including phenoxy) is 1. The number of aromatic nitrogens is 2. The lowest BCUT2D eigenvalue weighted by Crippen LogP contribution is -2.21. The van der Waals surface area contributed by atoms with Crippen LogP contribution in [-0.4, -0.2) is 24.9 Å². The zero-order valence-electron chi connectivity index (χ0n) is 11.3. The highest BCUT2D eigenvalue weighted by atomic mass is 28.3. The standard InChI is InChI=1S/C13H21N3OSi/c1-18(2,3)7-6-17-9-13-11-8-10(14)4-5-12(11)15-16-13/h4-5,8H,6-7,9,14H2,1-3H3,(H,15,16). The molecule has 0 radical (unpaired) electrons. The zero-order chi connectivity index (χ0) is 13.2. The fourth-order valence-corrected chi connectivity index (χ4v) is 2.50. The van der Waals surface area contributed by atoms with Crippen LogP contribution in [0.5, 0.6) is 0 Å². The first kappa shape index (κ1) is 13.1. The van der Waals surface area contributed by atoms with Gasteiger partial charge in [0, 0.05) is 25.8 Å². The number of nitrogen functional groups attached to an aromatic ring is 1. The summed E-state index contributed by atoms with van der Waals surface area (Å²) < 4.78 is 5.72. The van der Waals surface area contributed by atoms with E-state index >= 15 is 0 Å². The normalized spacial score (nSPS) is 12.2. The third-order valence-electron chi connectivity index (χ3n) is 2.90. The van der Waals surface area contributed by atoms with Gasteiger partial charge in [-0.05, 0) is 24.2 Å². The molecule has 0 unspecified atom stereocenters. The Morgan fingerprint density at radius 2 is 2.11 bits per heavy atom. The molecule has 98 valence electrons. The van der Waals surface area contributed by atoms with Gasteiger partial charge < -0.3 is 10.5 Å². The van der Waals surface area contributed by atoms with E-state index in [1.54, 1.807) is 0 Å². The van der Waals surface area contributed by atoms with Crippen LogP contribution in [0.1, 0.15) is 5.69 Å². The number of nitrogens with two attached hydrogens (primary N) is 1. The summed E-state index contributed by atoms with van der Waals surface area (Å²) in [7, 11) is -1.01. The van der Waals surface area contributed by atoms with E-state index in [9.17, 15) is 0 Å². The van der Waals surface area contributed by atoms with Crippen LogP contribution < -0.4 is 5.73 Å². The van der Waals surface area contributed by atoms with Gasteiger partial charge in [0.25, 0.3) is 0 Å². The van der Waals surface area contributed by atoms with E-state index in [2.05, 4.69) is 29.8 Å². The van der Waals surface area contributed by atoms with Gasteiger partial charge in [-0.3, -0.25) is 5.10 Å². The van der Waals surface area contributed by atoms with Gasteiger partial charge in [0.1, 0.15) is 0 Å². The van der Waals surface area contributed by atoms with Crippen molar-refractivity contribution in [2.45, 2.75) is 32.3 Å². The van der Waals surface area contributed by atoms with E-state index < -0.39 is 8.07 Å². The Balaban J connectivity index is 1.98. The second-order valence-electron chi connectivity index (χ2n) is 5.84. The van der Waals surface area contributed by atoms with Crippen molar-refractivity contribution in [3.8, 4) is 0 Å². The fraction of sp³-hybridized carbons (Fsp3) is 0.462. The molecule has 0 saturated heterocycles. The SMILES string of the molecule is C[Si](C)(C)CCOCc1[nH]nc2ccc(N)cc12. The van der Waals surface area contributed by atoms with Gasteiger partial charge in [-0.15, -0.1) is 0 Å². The van der Waals surface area contributed by atoms with E-state index in [-0.39, 0.29) is 0 Å². The van der Waals surface area contributed by atoms with Gasteiger partial charge in [0.2, 0.25) is 0 Å². The maximum atomic E-state index is 5.79. The molecular formula is C13H21N3OSi. The lowest BCUT2D eigenvalue weighted by atomic mass is 10.2. The van der Waals surface area contributed by atoms with Crippen LogP contribution in [-0.2, 0) is 11.3 Å². The molecule has 0 saturated carbocycles. The molecule has 0 fully saturated rings. The number of H-pyrrole nitrogens is 1. The van der Waals surface area contributed by atoms with Crippen LogP contribution in [0.4, 0.5) is 5.69 Å². The van der Waals surface area contributed by atoms with E-state index in [1.807, 2.05) is 18.2 Å². The molecule has 2 aromatic rings. The smallest absolute Gasteiger partial charge is 0.0926 e. The molecular weight excluding hydrogens is 242 g/mol. The summed E-state index contributed by atoms with van der Waals surface area (Å²) in [6.45, 7) is 8.44. The summed E-state index contributed by atoms with van der Waals surface area (Å²) in [4.78, 5) is 0. The van der Waals surface area contributed by atoms with Crippen LogP contribution in [0.3, 0.4) is 0 Å². The highest BCUT2D eigenvalue weighted by Gasteiger charge is 2.12. The van der Waals surface area contributed by atoms with Crippen molar-refractivity contribution in [1.29, 1.82) is 0 Å². The number of benzene rings is 1. The van der Waals surface area contributed by atoms with E-state index in [0.717, 1.165) is 28.9 Å². The van der Waals surface area contributed by atoms with Crippen molar-refractivity contribution in [3.05, 3.63) is 23.9 Å². The zero-order valence-corrected chi connectivity index (χ0v) is 12.3. The fourth-order valence-electron chi connectivity index (χ4n) is 1.74. The maximum absolute atomic E-state index is 5.79. The molecule has 0 bridgehead atoms. The lowest BCUT2D eigenvalue weighted by molar-refractivity contribution is 0.131. The first-order valence-electron chi connectivity index (χ1n) is 6.26. The third-order valence-corrected chi connectivity index (χ3v) is 4.60. The number of rotatable bonds is 5. The lowest BCUT2D eigenvalue weighted by Gasteiger charge is -2.15. The van der Waals surface area contributed by atoms with Gasteiger partial charge >= 0.3 is 0 Å². The summed E-state index contributed by atoms with van der Waals surface area (Å²) in [5, 5.41) is 8.31. The average molecular weight is 263 g/mol. The molecule has 0 amide bonds. The second kappa shape index (κ2) is 5.12. The molecule has 0 aliphatic rings. The van der Waals surface area contributed by atoms with Crippen LogP contribution in [0, 0.1) is 0 Å². The number of hydrogen-bond acceptors (Lipinski definition) is 3. The first-order chi connectivity index (χ1) is 8.46. The van der Waals surface area contributed by atoms with E-state index in [4.69, 9.17) is 10.5 Å². The van der Waals surface area contributed by atoms with Crippen molar-refractivity contribution in [3.63, 3.8) is 0 Å². The van der Waals surface area contributed by atoms with Gasteiger partial charge in [0.15, 0.2) is 0 Å². The van der Waals surface area contributed by atoms with Crippen LogP contribution in [0.25, 0.3) is 10.9 Å². The Kier molecular flexibility index (Phi) is 3.73. The van der Waals surface area contributed by atoms with Gasteiger partial charge in [0.05, 0.1) is 17.8 Å². The average Bonchev–Trinajstić information content (AvgIpc) is 2.66. The van der Waals surface area contributed by atoms with Crippen LogP contribution >= 0.6 is 0 Å². The number of nitrogens with one attached hydrogen (secondary N) is 1. The molecule has 0 spiro atoms. The van der Waals surface area contributed by atoms with Gasteiger partial charge in [-0.2, -0.15) is 5.10 Å². The Morgan fingerprint density at radius 1 is 1.33 bits per heavy atom. The Morgan fingerprint density at radius 3 is 2.83 bits per heavy atom. The molecule has 0 aliphatic heterocycles. The number of hydrogen-bond donors (Lipinski definition) is 2. The summed E-state index contributed by atoms with van der Waals surface area (Å²) in [5.41, 5.74) is 8.49. The quantitative estimate of drug-likeness (QED) is 0.495. The minimum atomic E-state index is -1.01. The topological polar surface area (TPSA) is 63.9 Å². The molecule has 1 aromatic carbocycles. The van der Waals surface area contributed by atoms with E-state index in [1.165, 1.54) is 6.04 Å². The monoisotopic (exact) mass is 263 g/mol. The first-order valence-corrected chi connectivity index (χ1v) is 9.97. The van der Waals surface area contributed by atoms with Crippen molar-refractivity contribution in [2.75, 3.05) is 12.3 Å². The third kappa shape index (κ3) is 3.33. The minimum absolute atomic E-state index is 0.574. The van der Waals surface area contributed by atoms with E-state index in [0.29, 0.717) is 6.61 Å². The highest BCUT2D eigenvalue weighted by molar-refractivity contribution is 6.76. The number of fused-ring (bicyclic) bond motifs is 1. The van der Waals surface area contributed by atoms with Gasteiger partial charge in [-0.25, -0.2) is 0 Å². The van der Waals surface area contributed by atoms with Crippen molar-refractivity contribution < 1.29 is 4.74 Å². The predicted molar refractivity (Wildman–Crippen MR) is 78.3 cm³/mol. The summed E-state index contributed by atoms with van der Waals surface area (Å²) in [6, 6.07) is 6.91. The summed E-state index contributed by atoms with van der Waals surface area (Å²) >= 11 is 0. The minimum Gasteiger partial charge on any atom is -0.399 e. The Bertz CT molecular complexity index is 531. The Hall–Kier alpha value is -1.33. The number of anilines is 1. The van der Waals surface area contributed by atoms with Gasteiger partial charge in [-0.1, -0.05) is 19.6 Å². The van der Waals surface area contributed by atoms with Crippen molar-refractivity contribution >= 4 is 24.7 Å². The largest absolute Gasteiger partial charge is 0.399 e. The number of nitrogens with zero attached hydrogens (tertiary/aromatic N) is 1. The summed E-state index contributed by atoms with van der Waals surface area (Å²) in [6.07, 6.45) is 0. The molecule has 0 atom stereocenters. The molecule has 3 N–H and O–H groups in total. The molecule has 1 heterocycles. The summed E-state index contributed by atoms with van der Waals surface area (Å²) in [5.74, 6) is 0.